The van der Waals surface area contributed by atoms with Crippen molar-refractivity contribution in [1.29, 1.82) is 0 Å². The lowest BCUT2D eigenvalue weighted by Gasteiger charge is -2.07. The number of hydrazine groups is 1. The lowest BCUT2D eigenvalue weighted by atomic mass is 10.1. The average Bonchev–Trinajstić information content (AvgIpc) is 2.23. The summed E-state index contributed by atoms with van der Waals surface area (Å²) in [4.78, 5) is 22.2. The number of amides is 2. The molecule has 1 aromatic carbocycles. The van der Waals surface area contributed by atoms with E-state index in [0.717, 1.165) is 11.1 Å². The fourth-order valence-corrected chi connectivity index (χ4v) is 1.22. The van der Waals surface area contributed by atoms with E-state index in [2.05, 4.69) is 5.32 Å². The van der Waals surface area contributed by atoms with E-state index in [-0.39, 0.29) is 12.3 Å². The molecule has 0 unspecified atom stereocenters. The van der Waals surface area contributed by atoms with Crippen molar-refractivity contribution in [3.8, 4) is 0 Å². The molecular weight excluding hydrogens is 206 g/mol. The Kier molecular flexibility index (Phi) is 4.02. The Morgan fingerprint density at radius 1 is 1.19 bits per heavy atom. The summed E-state index contributed by atoms with van der Waals surface area (Å²) in [5.74, 6) is 3.98. The van der Waals surface area contributed by atoms with Crippen LogP contribution >= 0.6 is 0 Å². The van der Waals surface area contributed by atoms with E-state index in [1.807, 2.05) is 31.4 Å². The summed E-state index contributed by atoms with van der Waals surface area (Å²) in [6, 6.07) is 5.56. The van der Waals surface area contributed by atoms with E-state index >= 15 is 0 Å². The van der Waals surface area contributed by atoms with Crippen molar-refractivity contribution in [3.05, 3.63) is 29.3 Å². The van der Waals surface area contributed by atoms with Gasteiger partial charge < -0.3 is 5.32 Å². The van der Waals surface area contributed by atoms with Crippen LogP contribution in [0.15, 0.2) is 18.2 Å². The lowest BCUT2D eigenvalue weighted by Crippen LogP contribution is -2.33. The molecular formula is C11H15N3O2. The molecule has 16 heavy (non-hydrogen) atoms. The number of hydrogen-bond acceptors (Lipinski definition) is 3. The number of rotatable bonds is 3. The molecule has 86 valence electrons. The van der Waals surface area contributed by atoms with Gasteiger partial charge in [0.2, 0.25) is 11.8 Å². The molecule has 0 aromatic heterocycles. The van der Waals surface area contributed by atoms with Crippen molar-refractivity contribution in [3.63, 3.8) is 0 Å². The van der Waals surface area contributed by atoms with Crippen molar-refractivity contribution < 1.29 is 9.59 Å². The number of benzene rings is 1. The Morgan fingerprint density at radius 2 is 1.88 bits per heavy atom. The standard InChI is InChI=1S/C11H15N3O2/c1-7-3-4-9(5-8(7)2)13-10(15)6-11(16)14-12/h3-5H,6,12H2,1-2H3,(H,13,15)(H,14,16). The Balaban J connectivity index is 2.63. The quantitative estimate of drug-likeness (QED) is 0.303. The van der Waals surface area contributed by atoms with Gasteiger partial charge in [-0.25, -0.2) is 5.84 Å². The van der Waals surface area contributed by atoms with Crippen LogP contribution in [0.4, 0.5) is 5.69 Å². The maximum Gasteiger partial charge on any atom is 0.243 e. The van der Waals surface area contributed by atoms with E-state index < -0.39 is 5.91 Å². The fourth-order valence-electron chi connectivity index (χ4n) is 1.22. The molecule has 0 atom stereocenters. The minimum atomic E-state index is -0.513. The summed E-state index contributed by atoms with van der Waals surface area (Å²) in [5.41, 5.74) is 4.82. The topological polar surface area (TPSA) is 84.2 Å². The van der Waals surface area contributed by atoms with Gasteiger partial charge in [-0.05, 0) is 37.1 Å². The molecule has 0 spiro atoms. The summed E-state index contributed by atoms with van der Waals surface area (Å²) >= 11 is 0. The van der Waals surface area contributed by atoms with Gasteiger partial charge in [0.15, 0.2) is 0 Å². The van der Waals surface area contributed by atoms with Gasteiger partial charge in [0.25, 0.3) is 0 Å². The van der Waals surface area contributed by atoms with Gasteiger partial charge in [0.05, 0.1) is 0 Å². The molecule has 1 rings (SSSR count). The van der Waals surface area contributed by atoms with Crippen LogP contribution < -0.4 is 16.6 Å². The molecule has 0 aliphatic heterocycles. The number of nitrogens with one attached hydrogen (secondary N) is 2. The highest BCUT2D eigenvalue weighted by Crippen LogP contribution is 2.14. The first kappa shape index (κ1) is 12.2. The summed E-state index contributed by atoms with van der Waals surface area (Å²) in [7, 11) is 0. The van der Waals surface area contributed by atoms with Crippen LogP contribution in [0.2, 0.25) is 0 Å². The largest absolute Gasteiger partial charge is 0.326 e. The van der Waals surface area contributed by atoms with Crippen molar-refractivity contribution in [2.75, 3.05) is 5.32 Å². The molecule has 0 aliphatic carbocycles. The highest BCUT2D eigenvalue weighted by molar-refractivity contribution is 6.03. The molecule has 0 bridgehead atoms. The zero-order chi connectivity index (χ0) is 12.1. The molecule has 4 N–H and O–H groups in total. The summed E-state index contributed by atoms with van der Waals surface area (Å²) < 4.78 is 0. The first-order chi connectivity index (χ1) is 7.52. The van der Waals surface area contributed by atoms with Crippen LogP contribution in [-0.4, -0.2) is 11.8 Å². The minimum absolute atomic E-state index is 0.274. The third-order valence-corrected chi connectivity index (χ3v) is 2.27. The van der Waals surface area contributed by atoms with E-state index in [4.69, 9.17) is 5.84 Å². The zero-order valence-electron chi connectivity index (χ0n) is 9.33. The first-order valence-electron chi connectivity index (χ1n) is 4.89. The van der Waals surface area contributed by atoms with Crippen molar-refractivity contribution in [1.82, 2.24) is 5.43 Å². The summed E-state index contributed by atoms with van der Waals surface area (Å²) in [6.07, 6.45) is -0.274. The molecule has 0 fully saturated rings. The van der Waals surface area contributed by atoms with Gasteiger partial charge in [-0.15, -0.1) is 0 Å². The number of carbonyl (C=O) groups is 2. The Morgan fingerprint density at radius 3 is 2.44 bits per heavy atom. The van der Waals surface area contributed by atoms with Crippen molar-refractivity contribution in [2.24, 2.45) is 5.84 Å². The van der Waals surface area contributed by atoms with Crippen LogP contribution in [0.1, 0.15) is 17.5 Å². The van der Waals surface area contributed by atoms with Gasteiger partial charge >= 0.3 is 0 Å². The van der Waals surface area contributed by atoms with Crippen molar-refractivity contribution in [2.45, 2.75) is 20.3 Å². The highest BCUT2D eigenvalue weighted by atomic mass is 16.2. The number of anilines is 1. The Bertz CT molecular complexity index is 416. The second kappa shape index (κ2) is 5.27. The van der Waals surface area contributed by atoms with Crippen LogP contribution in [-0.2, 0) is 9.59 Å². The molecule has 2 amide bonds. The predicted octanol–water partition coefficient (Wildman–Crippen LogP) is 0.622. The fraction of sp³-hybridized carbons (Fsp3) is 0.273. The van der Waals surface area contributed by atoms with Gasteiger partial charge in [-0.3, -0.25) is 15.0 Å². The van der Waals surface area contributed by atoms with E-state index in [1.165, 1.54) is 0 Å². The number of hydrogen-bond donors (Lipinski definition) is 3. The average molecular weight is 221 g/mol. The zero-order valence-corrected chi connectivity index (χ0v) is 9.33. The monoisotopic (exact) mass is 221 g/mol. The van der Waals surface area contributed by atoms with Crippen LogP contribution in [0.5, 0.6) is 0 Å². The van der Waals surface area contributed by atoms with Crippen molar-refractivity contribution >= 4 is 17.5 Å². The maximum atomic E-state index is 11.4. The van der Waals surface area contributed by atoms with E-state index in [9.17, 15) is 9.59 Å². The van der Waals surface area contributed by atoms with Crippen LogP contribution in [0, 0.1) is 13.8 Å². The lowest BCUT2D eigenvalue weighted by molar-refractivity contribution is -0.126. The summed E-state index contributed by atoms with van der Waals surface area (Å²) in [5, 5.41) is 2.62. The SMILES string of the molecule is Cc1ccc(NC(=O)CC(=O)NN)cc1C. The maximum absolute atomic E-state index is 11.4. The second-order valence-corrected chi connectivity index (χ2v) is 3.59. The van der Waals surface area contributed by atoms with E-state index in [1.54, 1.807) is 6.07 Å². The Hall–Kier alpha value is -1.88. The van der Waals surface area contributed by atoms with E-state index in [0.29, 0.717) is 5.69 Å². The Labute approximate surface area is 94.0 Å². The van der Waals surface area contributed by atoms with Gasteiger partial charge in [0, 0.05) is 5.69 Å². The predicted molar refractivity (Wildman–Crippen MR) is 61.5 cm³/mol. The van der Waals surface area contributed by atoms with Gasteiger partial charge in [0.1, 0.15) is 6.42 Å². The minimum Gasteiger partial charge on any atom is -0.326 e. The highest BCUT2D eigenvalue weighted by Gasteiger charge is 2.08. The molecule has 0 aliphatic rings. The molecule has 0 saturated carbocycles. The van der Waals surface area contributed by atoms with Crippen LogP contribution in [0.3, 0.4) is 0 Å². The molecule has 5 heteroatoms. The van der Waals surface area contributed by atoms with Gasteiger partial charge in [-0.2, -0.15) is 0 Å². The summed E-state index contributed by atoms with van der Waals surface area (Å²) in [6.45, 7) is 3.94. The molecule has 5 nitrogen and oxygen atoms in total. The number of nitrogens with two attached hydrogens (primary N) is 1. The first-order valence-corrected chi connectivity index (χ1v) is 4.89. The third-order valence-electron chi connectivity index (χ3n) is 2.27. The second-order valence-electron chi connectivity index (χ2n) is 3.59. The smallest absolute Gasteiger partial charge is 0.243 e. The normalized spacial score (nSPS) is 9.69. The number of aryl methyl sites for hydroxylation is 2. The molecule has 0 heterocycles. The molecule has 0 saturated heterocycles. The third kappa shape index (κ3) is 3.36. The molecule has 0 radical (unpaired) electrons. The van der Waals surface area contributed by atoms with Crippen LogP contribution in [0.25, 0.3) is 0 Å². The van der Waals surface area contributed by atoms with Gasteiger partial charge in [-0.1, -0.05) is 6.07 Å². The number of carbonyl (C=O) groups excluding carboxylic acids is 2. The molecule has 1 aromatic rings.